The van der Waals surface area contributed by atoms with Gasteiger partial charge in [0, 0.05) is 65.5 Å². The number of methoxy groups -OCH3 is 4. The van der Waals surface area contributed by atoms with Crippen LogP contribution in [0.1, 0.15) is 198 Å². The SMILES string of the molecule is CCOC(=O)CCc1cc2c(OCC)c(c1)-c1cc(C)cc(c1OC)COc1c3cc(C(C)(C)C)cc1Cc1cc(C(C)(C)C)cc(c1OC)Cc1cc(C(C)(C)C)cc(c1OCc1cc(C)cc-2c1OC)Cc1cc(C(C)(C)C)cc(c1OC)C3. The molecule has 0 atom stereocenters. The normalized spacial score (nSPS) is 13.5. The summed E-state index contributed by atoms with van der Waals surface area (Å²) >= 11 is 0. The van der Waals surface area contributed by atoms with E-state index in [4.69, 9.17) is 37.9 Å². The van der Waals surface area contributed by atoms with E-state index in [1.807, 2.05) is 28.1 Å². The molecule has 7 aromatic carbocycles. The van der Waals surface area contributed by atoms with Crippen molar-refractivity contribution in [2.45, 2.75) is 184 Å². The number of esters is 1. The molecule has 7 aromatic rings. The summed E-state index contributed by atoms with van der Waals surface area (Å²) in [5.41, 5.74) is 20.5. The van der Waals surface area contributed by atoms with Crippen molar-refractivity contribution in [3.05, 3.63) is 180 Å². The van der Waals surface area contributed by atoms with Crippen LogP contribution in [0.15, 0.2) is 84.9 Å². The summed E-state index contributed by atoms with van der Waals surface area (Å²) in [5.74, 6) is 5.04. The molecule has 2 aliphatic heterocycles. The Morgan fingerprint density at radius 3 is 1.00 bits per heavy atom. The molecule has 0 aromatic heterocycles. The van der Waals surface area contributed by atoms with Crippen LogP contribution in [0.25, 0.3) is 22.3 Å². The summed E-state index contributed by atoms with van der Waals surface area (Å²) in [6.45, 7) is 36.6. The van der Waals surface area contributed by atoms with Crippen LogP contribution < -0.4 is 33.2 Å². The van der Waals surface area contributed by atoms with Gasteiger partial charge >= 0.3 is 5.97 Å². The lowest BCUT2D eigenvalue weighted by Gasteiger charge is -2.29. The van der Waals surface area contributed by atoms with Crippen molar-refractivity contribution in [1.29, 1.82) is 0 Å². The zero-order valence-corrected chi connectivity index (χ0v) is 55.3. The molecular weight excluding hydrogens is 1070 g/mol. The summed E-state index contributed by atoms with van der Waals surface area (Å²) in [6.07, 6.45) is 2.73. The molecule has 9 heteroatoms. The van der Waals surface area contributed by atoms with E-state index in [0.717, 1.165) is 118 Å². The average Bonchev–Trinajstić information content (AvgIpc) is 0.982. The highest BCUT2D eigenvalue weighted by molar-refractivity contribution is 5.89. The summed E-state index contributed by atoms with van der Waals surface area (Å²) in [6, 6.07) is 31.8. The van der Waals surface area contributed by atoms with E-state index in [2.05, 4.69) is 182 Å². The third-order valence-electron chi connectivity index (χ3n) is 17.1. The van der Waals surface area contributed by atoms with Crippen molar-refractivity contribution < 1.29 is 42.7 Å². The van der Waals surface area contributed by atoms with Crippen molar-refractivity contribution in [3.63, 3.8) is 0 Å². The van der Waals surface area contributed by atoms with Crippen molar-refractivity contribution in [3.8, 4) is 62.5 Å². The van der Waals surface area contributed by atoms with Crippen LogP contribution in [0, 0.1) is 13.8 Å². The number of fused-ring (bicyclic) bond motifs is 2. The highest BCUT2D eigenvalue weighted by Gasteiger charge is 2.31. The number of aryl methyl sites for hydroxylation is 3. The van der Waals surface area contributed by atoms with Gasteiger partial charge in [-0.25, -0.2) is 0 Å². The molecule has 0 saturated heterocycles. The predicted molar refractivity (Wildman–Crippen MR) is 350 cm³/mol. The number of ether oxygens (including phenoxy) is 8. The van der Waals surface area contributed by atoms with Gasteiger partial charge in [-0.15, -0.1) is 0 Å². The van der Waals surface area contributed by atoms with Crippen molar-refractivity contribution in [2.24, 2.45) is 0 Å². The molecule has 0 amide bonds. The van der Waals surface area contributed by atoms with Gasteiger partial charge in [-0.1, -0.05) is 132 Å². The first-order chi connectivity index (χ1) is 40.6. The first kappa shape index (κ1) is 63.1. The molecule has 86 heavy (non-hydrogen) atoms. The Morgan fingerprint density at radius 1 is 0.395 bits per heavy atom. The number of rotatable bonds is 10. The second-order valence-electron chi connectivity index (χ2n) is 28.0. The molecular formula is C77H94O9. The van der Waals surface area contributed by atoms with E-state index < -0.39 is 0 Å². The van der Waals surface area contributed by atoms with E-state index in [1.54, 1.807) is 14.2 Å². The molecule has 0 unspecified atom stereocenters. The number of benzene rings is 7. The van der Waals surface area contributed by atoms with Crippen LogP contribution in [0.3, 0.4) is 0 Å². The fraction of sp³-hybridized carbons (Fsp3) is 0.442. The molecule has 16 bridgehead atoms. The van der Waals surface area contributed by atoms with Gasteiger partial charge in [0.2, 0.25) is 0 Å². The largest absolute Gasteiger partial charge is 0.496 e. The molecule has 2 heterocycles. The molecule has 3 aliphatic rings. The minimum Gasteiger partial charge on any atom is -0.496 e. The van der Waals surface area contributed by atoms with Crippen molar-refractivity contribution in [1.82, 2.24) is 0 Å². The molecule has 0 fully saturated rings. The van der Waals surface area contributed by atoms with E-state index in [-0.39, 0.29) is 47.3 Å². The van der Waals surface area contributed by atoms with Gasteiger partial charge in [-0.05, 0) is 176 Å². The number of carbonyl (C=O) groups excluding carboxylic acids is 1. The summed E-state index contributed by atoms with van der Waals surface area (Å²) in [4.78, 5) is 13.2. The topological polar surface area (TPSA) is 90.9 Å². The molecule has 10 rings (SSSR count). The zero-order valence-electron chi connectivity index (χ0n) is 55.3. The molecule has 0 saturated carbocycles. The molecule has 0 radical (unpaired) electrons. The van der Waals surface area contributed by atoms with Gasteiger partial charge < -0.3 is 37.9 Å². The first-order valence-electron chi connectivity index (χ1n) is 30.9. The second-order valence-corrected chi connectivity index (χ2v) is 28.0. The summed E-state index contributed by atoms with van der Waals surface area (Å²) in [5, 5.41) is 0. The summed E-state index contributed by atoms with van der Waals surface area (Å²) < 4.78 is 54.3. The van der Waals surface area contributed by atoms with Crippen molar-refractivity contribution >= 4 is 5.97 Å². The zero-order chi connectivity index (χ0) is 62.4. The Morgan fingerprint density at radius 2 is 0.709 bits per heavy atom. The van der Waals surface area contributed by atoms with Crippen LogP contribution in [0.4, 0.5) is 0 Å². The van der Waals surface area contributed by atoms with Crippen LogP contribution >= 0.6 is 0 Å². The Kier molecular flexibility index (Phi) is 18.2. The third-order valence-corrected chi connectivity index (χ3v) is 17.1. The fourth-order valence-electron chi connectivity index (χ4n) is 12.6. The molecule has 0 N–H and O–H groups in total. The van der Waals surface area contributed by atoms with Gasteiger partial charge in [0.1, 0.15) is 53.5 Å². The van der Waals surface area contributed by atoms with Crippen LogP contribution in [-0.2, 0) is 76.5 Å². The monoisotopic (exact) mass is 1160 g/mol. The Balaban J connectivity index is 1.48. The number of carbonyl (C=O) groups is 1. The Labute approximate surface area is 514 Å². The van der Waals surface area contributed by atoms with E-state index in [1.165, 1.54) is 22.3 Å². The number of hydrogen-bond donors (Lipinski definition) is 0. The van der Waals surface area contributed by atoms with Gasteiger partial charge in [0.15, 0.2) is 0 Å². The predicted octanol–water partition coefficient (Wildman–Crippen LogP) is 17.9. The standard InChI is InChI=1S/C77H94O9/c1-21-83-66(78)24-23-47-29-64-62-27-45(3)25-56(71(62)81-19)43-85-69-52-31-48-35-58(74(5,6)7)37-50(67(48)79-17)33-54-41-61(77(14,15)16)42-55(70(54)86-44-57-26-46(4)28-63(72(57)82-20)65(30-47)73(64)84-22-2)34-51-38-59(75(8,9)10)36-49(68(51)80-18)32-53(69)40-60(39-52)76(11,12)13/h25-30,35-42H,21-24,31-34,43-44H2,1-20H3. The highest BCUT2D eigenvalue weighted by atomic mass is 16.5. The van der Waals surface area contributed by atoms with Gasteiger partial charge in [0.05, 0.1) is 41.7 Å². The molecule has 0 spiro atoms. The van der Waals surface area contributed by atoms with Gasteiger partial charge in [-0.2, -0.15) is 0 Å². The number of hydrogen-bond acceptors (Lipinski definition) is 9. The maximum atomic E-state index is 13.2. The minimum absolute atomic E-state index is 0.184. The van der Waals surface area contributed by atoms with E-state index >= 15 is 0 Å². The minimum atomic E-state index is -0.256. The van der Waals surface area contributed by atoms with E-state index in [9.17, 15) is 4.79 Å². The van der Waals surface area contributed by atoms with E-state index in [0.29, 0.717) is 62.6 Å². The smallest absolute Gasteiger partial charge is 0.306 e. The van der Waals surface area contributed by atoms with Crippen LogP contribution in [0.2, 0.25) is 0 Å². The lowest BCUT2D eigenvalue weighted by molar-refractivity contribution is -0.143. The third kappa shape index (κ3) is 13.3. The Bertz CT molecular complexity index is 3380. The maximum absolute atomic E-state index is 13.2. The van der Waals surface area contributed by atoms with Gasteiger partial charge in [0.25, 0.3) is 0 Å². The lowest BCUT2D eigenvalue weighted by atomic mass is 9.79. The first-order valence-corrected chi connectivity index (χ1v) is 30.9. The molecule has 9 nitrogen and oxygen atoms in total. The van der Waals surface area contributed by atoms with Crippen molar-refractivity contribution in [2.75, 3.05) is 41.7 Å². The molecule has 456 valence electrons. The summed E-state index contributed by atoms with van der Waals surface area (Å²) in [7, 11) is 7.09. The van der Waals surface area contributed by atoms with Gasteiger partial charge in [-0.3, -0.25) is 4.79 Å². The second kappa shape index (κ2) is 24.8. The lowest BCUT2D eigenvalue weighted by Crippen LogP contribution is -2.17. The van der Waals surface area contributed by atoms with Crippen LogP contribution in [-0.4, -0.2) is 47.6 Å². The molecule has 1 aliphatic carbocycles. The fourth-order valence-corrected chi connectivity index (χ4v) is 12.6. The maximum Gasteiger partial charge on any atom is 0.306 e. The average molecular weight is 1160 g/mol. The quantitative estimate of drug-likeness (QED) is 0.124. The van der Waals surface area contributed by atoms with Crippen LogP contribution in [0.5, 0.6) is 40.2 Å². The highest BCUT2D eigenvalue weighted by Crippen LogP contribution is 2.50. The Hall–Kier alpha value is -7.39.